The summed E-state index contributed by atoms with van der Waals surface area (Å²) < 4.78 is 0. The number of hydrogen-bond acceptors (Lipinski definition) is 3. The lowest BCUT2D eigenvalue weighted by molar-refractivity contribution is 0.0940. The predicted molar refractivity (Wildman–Crippen MR) is 79.3 cm³/mol. The lowest BCUT2D eigenvalue weighted by atomic mass is 10.1. The van der Waals surface area contributed by atoms with Crippen LogP contribution in [0.3, 0.4) is 0 Å². The Hall–Kier alpha value is -1.30. The van der Waals surface area contributed by atoms with E-state index in [9.17, 15) is 4.79 Å². The lowest BCUT2D eigenvalue weighted by Crippen LogP contribution is -2.36. The van der Waals surface area contributed by atoms with Crippen LogP contribution in [0.2, 0.25) is 0 Å². The van der Waals surface area contributed by atoms with Gasteiger partial charge in [0.15, 0.2) is 0 Å². The van der Waals surface area contributed by atoms with Crippen LogP contribution in [0.15, 0.2) is 24.5 Å². The molecule has 5 nitrogen and oxygen atoms in total. The van der Waals surface area contributed by atoms with Crippen LogP contribution in [0, 0.1) is 0 Å². The average molecular weight is 303 g/mol. The molecule has 2 heterocycles. The Labute approximate surface area is 123 Å². The molecule has 3 N–H and O–H groups in total. The fourth-order valence-corrected chi connectivity index (χ4v) is 2.12. The van der Waals surface area contributed by atoms with Gasteiger partial charge in [-0.25, -0.2) is 4.98 Å². The molecule has 1 unspecified atom stereocenters. The first-order valence-corrected chi connectivity index (χ1v) is 5.77. The summed E-state index contributed by atoms with van der Waals surface area (Å²) in [6.45, 7) is 1.84. The minimum Gasteiger partial charge on any atom is -0.348 e. The minimum atomic E-state index is -0.0183. The summed E-state index contributed by atoms with van der Waals surface area (Å²) in [7, 11) is 0. The van der Waals surface area contributed by atoms with E-state index in [1.54, 1.807) is 12.4 Å². The van der Waals surface area contributed by atoms with Gasteiger partial charge in [0.05, 0.1) is 17.4 Å². The van der Waals surface area contributed by atoms with E-state index < -0.39 is 0 Å². The molecule has 0 radical (unpaired) electrons. The molecule has 0 bridgehead atoms. The number of benzene rings is 1. The second-order valence-electron chi connectivity index (χ2n) is 4.30. The van der Waals surface area contributed by atoms with E-state index in [2.05, 4.69) is 20.6 Å². The number of nitrogens with zero attached hydrogens (tertiary/aromatic N) is 1. The summed E-state index contributed by atoms with van der Waals surface area (Å²) in [4.78, 5) is 19.1. The molecular formula is C12H16Cl2N4O. The van der Waals surface area contributed by atoms with Gasteiger partial charge in [0, 0.05) is 18.2 Å². The third-order valence-corrected chi connectivity index (χ3v) is 3.08. The van der Waals surface area contributed by atoms with Gasteiger partial charge in [-0.15, -0.1) is 24.8 Å². The van der Waals surface area contributed by atoms with Crippen LogP contribution in [-0.2, 0) is 0 Å². The smallest absolute Gasteiger partial charge is 0.251 e. The van der Waals surface area contributed by atoms with Crippen molar-refractivity contribution in [2.75, 3.05) is 13.1 Å². The highest BCUT2D eigenvalue weighted by atomic mass is 35.5. The highest BCUT2D eigenvalue weighted by Crippen LogP contribution is 2.12. The zero-order valence-electron chi connectivity index (χ0n) is 10.2. The predicted octanol–water partition coefficient (Wildman–Crippen LogP) is 1.50. The minimum absolute atomic E-state index is 0. The molecule has 0 aliphatic carbocycles. The Balaban J connectivity index is 0.000000902. The van der Waals surface area contributed by atoms with Gasteiger partial charge in [-0.2, -0.15) is 0 Å². The number of carbonyl (C=O) groups excluding carboxylic acids is 1. The molecule has 1 atom stereocenters. The lowest BCUT2D eigenvalue weighted by Gasteiger charge is -2.11. The molecule has 0 spiro atoms. The second-order valence-corrected chi connectivity index (χ2v) is 4.30. The molecule has 2 aromatic rings. The van der Waals surface area contributed by atoms with Gasteiger partial charge in [0.2, 0.25) is 0 Å². The third kappa shape index (κ3) is 3.37. The number of carbonyl (C=O) groups is 1. The molecule has 1 saturated heterocycles. The molecular weight excluding hydrogens is 287 g/mol. The Morgan fingerprint density at radius 3 is 2.95 bits per heavy atom. The van der Waals surface area contributed by atoms with Crippen LogP contribution in [-0.4, -0.2) is 35.0 Å². The van der Waals surface area contributed by atoms with Crippen molar-refractivity contribution in [3.8, 4) is 0 Å². The number of nitrogens with one attached hydrogen (secondary N) is 3. The van der Waals surface area contributed by atoms with Crippen molar-refractivity contribution < 1.29 is 4.79 Å². The maximum absolute atomic E-state index is 12.0. The first kappa shape index (κ1) is 15.8. The van der Waals surface area contributed by atoms with Crippen molar-refractivity contribution in [1.82, 2.24) is 20.6 Å². The molecule has 0 saturated carbocycles. The number of amides is 1. The summed E-state index contributed by atoms with van der Waals surface area (Å²) in [6, 6.07) is 5.74. The summed E-state index contributed by atoms with van der Waals surface area (Å²) in [5.41, 5.74) is 2.44. The van der Waals surface area contributed by atoms with Crippen LogP contribution in [0.25, 0.3) is 11.0 Å². The summed E-state index contributed by atoms with van der Waals surface area (Å²) in [6.07, 6.45) is 2.63. The first-order valence-electron chi connectivity index (χ1n) is 5.77. The van der Waals surface area contributed by atoms with Gasteiger partial charge in [0.1, 0.15) is 0 Å². The van der Waals surface area contributed by atoms with Crippen molar-refractivity contribution in [2.24, 2.45) is 0 Å². The van der Waals surface area contributed by atoms with Crippen molar-refractivity contribution >= 4 is 41.8 Å². The summed E-state index contributed by atoms with van der Waals surface area (Å²) >= 11 is 0. The highest BCUT2D eigenvalue weighted by Gasteiger charge is 2.17. The standard InChI is InChI=1S/C12H14N4O.2ClH/c17-12(16-9-3-4-13-6-9)8-1-2-10-11(5-8)15-7-14-10;;/h1-2,5,7,9,13H,3-4,6H2,(H,14,15)(H,16,17);2*1H. The normalized spacial score (nSPS) is 17.6. The molecule has 104 valence electrons. The van der Waals surface area contributed by atoms with Gasteiger partial charge in [0.25, 0.3) is 5.91 Å². The maximum Gasteiger partial charge on any atom is 0.251 e. The molecule has 1 aromatic carbocycles. The van der Waals surface area contributed by atoms with Crippen molar-refractivity contribution in [3.05, 3.63) is 30.1 Å². The van der Waals surface area contributed by atoms with E-state index >= 15 is 0 Å². The van der Waals surface area contributed by atoms with Crippen LogP contribution in [0.4, 0.5) is 0 Å². The van der Waals surface area contributed by atoms with Crippen molar-refractivity contribution in [1.29, 1.82) is 0 Å². The van der Waals surface area contributed by atoms with Gasteiger partial charge in [-0.05, 0) is 31.2 Å². The van der Waals surface area contributed by atoms with Crippen molar-refractivity contribution in [3.63, 3.8) is 0 Å². The van der Waals surface area contributed by atoms with Crippen LogP contribution in [0.1, 0.15) is 16.8 Å². The largest absolute Gasteiger partial charge is 0.348 e. The van der Waals surface area contributed by atoms with Crippen LogP contribution in [0.5, 0.6) is 0 Å². The van der Waals surface area contributed by atoms with E-state index in [0.29, 0.717) is 5.56 Å². The fraction of sp³-hybridized carbons (Fsp3) is 0.333. The van der Waals surface area contributed by atoms with E-state index in [0.717, 1.165) is 30.5 Å². The second kappa shape index (κ2) is 6.75. The third-order valence-electron chi connectivity index (χ3n) is 3.08. The van der Waals surface area contributed by atoms with Crippen LogP contribution >= 0.6 is 24.8 Å². The maximum atomic E-state index is 12.0. The first-order chi connectivity index (χ1) is 8.33. The average Bonchev–Trinajstić information content (AvgIpc) is 2.97. The molecule has 1 aliphatic rings. The van der Waals surface area contributed by atoms with E-state index in [1.807, 2.05) is 12.1 Å². The number of fused-ring (bicyclic) bond motifs is 1. The van der Waals surface area contributed by atoms with E-state index in [4.69, 9.17) is 0 Å². The zero-order valence-corrected chi connectivity index (χ0v) is 11.8. The molecule has 1 amide bonds. The summed E-state index contributed by atoms with van der Waals surface area (Å²) in [5.74, 6) is -0.0183. The van der Waals surface area contributed by atoms with Gasteiger partial charge >= 0.3 is 0 Å². The molecule has 1 fully saturated rings. The Morgan fingerprint density at radius 1 is 1.37 bits per heavy atom. The Kier molecular flexibility index (Phi) is 5.60. The number of aromatic amines is 1. The summed E-state index contributed by atoms with van der Waals surface area (Å²) in [5, 5.41) is 6.24. The topological polar surface area (TPSA) is 69.8 Å². The van der Waals surface area contributed by atoms with Gasteiger partial charge in [-0.3, -0.25) is 4.79 Å². The number of imidazole rings is 1. The number of rotatable bonds is 2. The number of H-pyrrole nitrogens is 1. The molecule has 1 aromatic heterocycles. The molecule has 19 heavy (non-hydrogen) atoms. The van der Waals surface area contributed by atoms with E-state index in [1.165, 1.54) is 0 Å². The van der Waals surface area contributed by atoms with Gasteiger partial charge < -0.3 is 15.6 Å². The van der Waals surface area contributed by atoms with E-state index in [-0.39, 0.29) is 36.8 Å². The van der Waals surface area contributed by atoms with Gasteiger partial charge in [-0.1, -0.05) is 0 Å². The quantitative estimate of drug-likeness (QED) is 0.787. The Bertz CT molecular complexity index is 551. The molecule has 3 rings (SSSR count). The number of halogens is 2. The fourth-order valence-electron chi connectivity index (χ4n) is 2.12. The number of aromatic nitrogens is 2. The number of hydrogen-bond donors (Lipinski definition) is 3. The Morgan fingerprint density at radius 2 is 2.21 bits per heavy atom. The molecule has 7 heteroatoms. The monoisotopic (exact) mass is 302 g/mol. The van der Waals surface area contributed by atoms with Crippen LogP contribution < -0.4 is 10.6 Å². The molecule has 1 aliphatic heterocycles. The highest BCUT2D eigenvalue weighted by molar-refractivity contribution is 5.97. The SMILES string of the molecule is Cl.Cl.O=C(NC1CCNC1)c1ccc2nc[nH]c2c1. The van der Waals surface area contributed by atoms with Crippen molar-refractivity contribution in [2.45, 2.75) is 12.5 Å². The zero-order chi connectivity index (χ0) is 11.7.